The Balaban J connectivity index is 2.92. The van der Waals surface area contributed by atoms with Gasteiger partial charge in [-0.05, 0) is 42.9 Å². The van der Waals surface area contributed by atoms with Gasteiger partial charge in [-0.25, -0.2) is 13.2 Å². The van der Waals surface area contributed by atoms with E-state index in [1.165, 1.54) is 18.2 Å². The third-order valence-electron chi connectivity index (χ3n) is 3.39. The number of rotatable bonds is 8. The molecule has 0 aromatic heterocycles. The predicted octanol–water partition coefficient (Wildman–Crippen LogP) is 4.36. The Morgan fingerprint density at radius 1 is 1.13 bits per heavy atom. The first kappa shape index (κ1) is 20.0. The summed E-state index contributed by atoms with van der Waals surface area (Å²) in [4.78, 5) is 12.0. The van der Waals surface area contributed by atoms with Crippen LogP contribution in [0.4, 0.5) is 0 Å². The lowest BCUT2D eigenvalue weighted by Gasteiger charge is -2.11. The van der Waals surface area contributed by atoms with Gasteiger partial charge in [0.15, 0.2) is 9.84 Å². The van der Waals surface area contributed by atoms with Gasteiger partial charge in [-0.2, -0.15) is 0 Å². The molecule has 0 saturated heterocycles. The number of hydrogen-bond donors (Lipinski definition) is 0. The number of carbonyl (C=O) groups is 1. The van der Waals surface area contributed by atoms with E-state index in [1.807, 2.05) is 27.7 Å². The van der Waals surface area contributed by atoms with Crippen molar-refractivity contribution in [2.75, 3.05) is 12.4 Å². The zero-order valence-electron chi connectivity index (χ0n) is 14.1. The molecule has 130 valence electrons. The fourth-order valence-corrected chi connectivity index (χ4v) is 3.98. The molecule has 0 aliphatic carbocycles. The van der Waals surface area contributed by atoms with E-state index < -0.39 is 15.8 Å². The van der Waals surface area contributed by atoms with Crippen LogP contribution in [0.15, 0.2) is 23.1 Å². The largest absolute Gasteiger partial charge is 0.462 e. The summed E-state index contributed by atoms with van der Waals surface area (Å²) < 4.78 is 30.0. The molecule has 1 aromatic rings. The van der Waals surface area contributed by atoms with Crippen LogP contribution in [-0.2, 0) is 14.6 Å². The summed E-state index contributed by atoms with van der Waals surface area (Å²) in [6, 6.07) is 4.24. The highest BCUT2D eigenvalue weighted by molar-refractivity contribution is 7.91. The van der Waals surface area contributed by atoms with Crippen LogP contribution in [0.1, 0.15) is 50.9 Å². The Hall–Kier alpha value is -1.07. The highest BCUT2D eigenvalue weighted by Crippen LogP contribution is 2.25. The molecule has 0 spiro atoms. The van der Waals surface area contributed by atoms with Gasteiger partial charge in [-0.1, -0.05) is 39.3 Å². The van der Waals surface area contributed by atoms with Crippen molar-refractivity contribution in [3.05, 3.63) is 28.8 Å². The molecule has 0 radical (unpaired) electrons. The normalized spacial score (nSPS) is 12.0. The summed E-state index contributed by atoms with van der Waals surface area (Å²) in [6.07, 6.45) is 1.31. The molecule has 0 N–H and O–H groups in total. The SMILES string of the molecule is CC(C)CCOC(=O)c1ccc(Cl)c(S(=O)(=O)CCC(C)C)c1. The second kappa shape index (κ2) is 8.69. The standard InChI is InChI=1S/C17H25ClO4S/c1-12(2)7-9-22-17(19)14-5-6-15(18)16(11-14)23(20,21)10-8-13(3)4/h5-6,11-13H,7-10H2,1-4H3. The van der Waals surface area contributed by atoms with E-state index in [0.717, 1.165) is 6.42 Å². The lowest BCUT2D eigenvalue weighted by atomic mass is 10.1. The topological polar surface area (TPSA) is 60.4 Å². The molecule has 0 amide bonds. The van der Waals surface area contributed by atoms with Gasteiger partial charge in [0, 0.05) is 0 Å². The second-order valence-corrected chi connectivity index (χ2v) is 8.95. The maximum atomic E-state index is 12.4. The first-order valence-corrected chi connectivity index (χ1v) is 9.86. The number of hydrogen-bond acceptors (Lipinski definition) is 4. The number of esters is 1. The van der Waals surface area contributed by atoms with E-state index in [9.17, 15) is 13.2 Å². The first-order chi connectivity index (χ1) is 10.6. The minimum absolute atomic E-state index is 0.00173. The minimum atomic E-state index is -3.52. The van der Waals surface area contributed by atoms with Crippen LogP contribution < -0.4 is 0 Å². The van der Waals surface area contributed by atoms with Crippen LogP contribution in [0.5, 0.6) is 0 Å². The van der Waals surface area contributed by atoms with Crippen molar-refractivity contribution in [3.63, 3.8) is 0 Å². The molecule has 0 aliphatic heterocycles. The summed E-state index contributed by atoms with van der Waals surface area (Å²) in [5, 5.41) is 0.132. The van der Waals surface area contributed by atoms with Crippen LogP contribution in [0.2, 0.25) is 5.02 Å². The number of halogens is 1. The fourth-order valence-electron chi connectivity index (χ4n) is 1.84. The highest BCUT2D eigenvalue weighted by Gasteiger charge is 2.21. The van der Waals surface area contributed by atoms with Crippen molar-refractivity contribution in [2.24, 2.45) is 11.8 Å². The van der Waals surface area contributed by atoms with E-state index in [0.29, 0.717) is 18.9 Å². The Labute approximate surface area is 144 Å². The maximum Gasteiger partial charge on any atom is 0.338 e. The molecule has 23 heavy (non-hydrogen) atoms. The lowest BCUT2D eigenvalue weighted by molar-refractivity contribution is 0.0488. The van der Waals surface area contributed by atoms with Gasteiger partial charge >= 0.3 is 5.97 Å². The zero-order chi connectivity index (χ0) is 17.6. The average molecular weight is 361 g/mol. The molecule has 4 nitrogen and oxygen atoms in total. The van der Waals surface area contributed by atoms with Crippen LogP contribution in [-0.4, -0.2) is 26.7 Å². The van der Waals surface area contributed by atoms with E-state index >= 15 is 0 Å². The number of ether oxygens (including phenoxy) is 1. The zero-order valence-corrected chi connectivity index (χ0v) is 15.7. The molecule has 0 heterocycles. The molecule has 0 fully saturated rings. The van der Waals surface area contributed by atoms with Crippen molar-refractivity contribution in [2.45, 2.75) is 45.4 Å². The fraction of sp³-hybridized carbons (Fsp3) is 0.588. The van der Waals surface area contributed by atoms with Crippen LogP contribution >= 0.6 is 11.6 Å². The molecule has 0 saturated carbocycles. The van der Waals surface area contributed by atoms with E-state index in [2.05, 4.69) is 0 Å². The number of benzene rings is 1. The third-order valence-corrected chi connectivity index (χ3v) is 5.62. The minimum Gasteiger partial charge on any atom is -0.462 e. The summed E-state index contributed by atoms with van der Waals surface area (Å²) in [7, 11) is -3.52. The summed E-state index contributed by atoms with van der Waals surface area (Å²) in [5.74, 6) is 0.186. The Morgan fingerprint density at radius 2 is 1.74 bits per heavy atom. The first-order valence-electron chi connectivity index (χ1n) is 7.83. The van der Waals surface area contributed by atoms with Crippen molar-refractivity contribution in [3.8, 4) is 0 Å². The quantitative estimate of drug-likeness (QED) is 0.646. The van der Waals surface area contributed by atoms with Gasteiger partial charge in [0.25, 0.3) is 0 Å². The summed E-state index contributed by atoms with van der Waals surface area (Å²) in [5.41, 5.74) is 0.210. The van der Waals surface area contributed by atoms with Crippen LogP contribution in [0, 0.1) is 11.8 Å². The van der Waals surface area contributed by atoms with Gasteiger partial charge in [0.1, 0.15) is 0 Å². The summed E-state index contributed by atoms with van der Waals surface area (Å²) >= 11 is 6.02. The van der Waals surface area contributed by atoms with E-state index in [-0.39, 0.29) is 27.2 Å². The van der Waals surface area contributed by atoms with Gasteiger partial charge in [-0.3, -0.25) is 0 Å². The monoisotopic (exact) mass is 360 g/mol. The van der Waals surface area contributed by atoms with Crippen molar-refractivity contribution in [1.29, 1.82) is 0 Å². The molecule has 0 aliphatic rings. The number of sulfone groups is 1. The van der Waals surface area contributed by atoms with Crippen molar-refractivity contribution < 1.29 is 17.9 Å². The molecule has 0 atom stereocenters. The Kier molecular flexibility index (Phi) is 7.55. The van der Waals surface area contributed by atoms with Crippen LogP contribution in [0.3, 0.4) is 0 Å². The van der Waals surface area contributed by atoms with Gasteiger partial charge in [-0.15, -0.1) is 0 Å². The molecule has 0 bridgehead atoms. The molecule has 1 aromatic carbocycles. The Bertz CT molecular complexity index is 636. The van der Waals surface area contributed by atoms with E-state index in [1.54, 1.807) is 0 Å². The molecular formula is C17H25ClO4S. The smallest absolute Gasteiger partial charge is 0.338 e. The van der Waals surface area contributed by atoms with Crippen LogP contribution in [0.25, 0.3) is 0 Å². The van der Waals surface area contributed by atoms with Gasteiger partial charge < -0.3 is 4.74 Å². The highest BCUT2D eigenvalue weighted by atomic mass is 35.5. The molecule has 6 heteroatoms. The maximum absolute atomic E-state index is 12.4. The predicted molar refractivity (Wildman–Crippen MR) is 92.7 cm³/mol. The van der Waals surface area contributed by atoms with Crippen molar-refractivity contribution in [1.82, 2.24) is 0 Å². The molecule has 1 rings (SSSR count). The third kappa shape index (κ3) is 6.51. The van der Waals surface area contributed by atoms with Gasteiger partial charge in [0.05, 0.1) is 27.8 Å². The number of carbonyl (C=O) groups excluding carboxylic acids is 1. The lowest BCUT2D eigenvalue weighted by Crippen LogP contribution is -2.12. The average Bonchev–Trinajstić information content (AvgIpc) is 2.45. The summed E-state index contributed by atoms with van der Waals surface area (Å²) in [6.45, 7) is 8.30. The molecule has 0 unspecified atom stereocenters. The van der Waals surface area contributed by atoms with Gasteiger partial charge in [0.2, 0.25) is 0 Å². The second-order valence-electron chi connectivity index (χ2n) is 6.47. The Morgan fingerprint density at radius 3 is 2.30 bits per heavy atom. The van der Waals surface area contributed by atoms with E-state index in [4.69, 9.17) is 16.3 Å². The molecular weight excluding hydrogens is 336 g/mol. The van der Waals surface area contributed by atoms with Crippen molar-refractivity contribution >= 4 is 27.4 Å².